The lowest BCUT2D eigenvalue weighted by Crippen LogP contribution is -2.45. The molecule has 0 spiro atoms. The molecular weight excluding hydrogens is 510 g/mol. The number of hydrogen-bond acceptors (Lipinski definition) is 7. The fourth-order valence-corrected chi connectivity index (χ4v) is 10.8. The number of para-hydroxylation sites is 1. The molecule has 2 saturated carbocycles. The quantitative estimate of drug-likeness (QED) is 0.600. The summed E-state index contributed by atoms with van der Waals surface area (Å²) in [5, 5.41) is 0.999. The molecule has 3 amide bonds. The minimum Gasteiger partial charge on any atom is -0.496 e. The number of imide groups is 1. The molecule has 4 fully saturated rings. The molecule has 2 bridgehead atoms. The third-order valence-corrected chi connectivity index (χ3v) is 11.9. The normalized spacial score (nSPS) is 33.9. The third-order valence-electron chi connectivity index (χ3n) is 9.29. The highest BCUT2D eigenvalue weighted by atomic mass is 32.2. The molecule has 2 aromatic rings. The van der Waals surface area contributed by atoms with E-state index >= 15 is 0 Å². The Morgan fingerprint density at radius 2 is 1.78 bits per heavy atom. The van der Waals surface area contributed by atoms with Crippen molar-refractivity contribution in [3.05, 3.63) is 44.4 Å². The van der Waals surface area contributed by atoms with Crippen molar-refractivity contribution < 1.29 is 19.1 Å². The highest BCUT2D eigenvalue weighted by molar-refractivity contribution is 8.00. The second kappa shape index (κ2) is 8.73. The van der Waals surface area contributed by atoms with Crippen LogP contribution in [0.15, 0.2) is 34.1 Å². The average molecular weight is 540 g/mol. The first-order valence-corrected chi connectivity index (χ1v) is 14.8. The lowest BCUT2D eigenvalue weighted by atomic mass is 9.68. The molecule has 8 nitrogen and oxygen atoms in total. The molecular formula is C27H29N3O5S2. The Balaban J connectivity index is 1.24. The van der Waals surface area contributed by atoms with E-state index in [2.05, 4.69) is 11.1 Å². The predicted octanol–water partition coefficient (Wildman–Crippen LogP) is 2.93. The van der Waals surface area contributed by atoms with E-state index in [4.69, 9.17) is 4.74 Å². The van der Waals surface area contributed by atoms with Gasteiger partial charge in [0, 0.05) is 34.7 Å². The number of amides is 3. The van der Waals surface area contributed by atoms with Gasteiger partial charge in [0.2, 0.25) is 17.7 Å². The number of fused-ring (bicyclic) bond motifs is 9. The number of nitrogens with zero attached hydrogens (tertiary/aromatic N) is 2. The number of aromatic nitrogens is 1. The van der Waals surface area contributed by atoms with E-state index in [1.807, 2.05) is 18.2 Å². The third kappa shape index (κ3) is 3.40. The molecule has 1 N–H and O–H groups in total. The number of piperidine rings is 1. The van der Waals surface area contributed by atoms with Crippen LogP contribution >= 0.6 is 23.1 Å². The van der Waals surface area contributed by atoms with Crippen molar-refractivity contribution in [1.29, 1.82) is 0 Å². The van der Waals surface area contributed by atoms with Crippen LogP contribution in [0.2, 0.25) is 0 Å². The number of nitrogens with one attached hydrogen (secondary N) is 1. The summed E-state index contributed by atoms with van der Waals surface area (Å²) in [6.45, 7) is 1.27. The largest absolute Gasteiger partial charge is 0.496 e. The van der Waals surface area contributed by atoms with E-state index in [-0.39, 0.29) is 69.9 Å². The first-order chi connectivity index (χ1) is 18.0. The molecule has 7 rings (SSSR count). The SMILES string of the molecule is COc1ccccc1[C@H]1c2sc(=O)[nH]c2SC2C3CC(C4C(=O)N(CC(=O)N5CCCCC5)C(=O)C34)C21. The van der Waals surface area contributed by atoms with Crippen molar-refractivity contribution in [2.75, 3.05) is 26.7 Å². The van der Waals surface area contributed by atoms with Crippen LogP contribution in [0.1, 0.15) is 42.0 Å². The molecule has 5 aliphatic rings. The van der Waals surface area contributed by atoms with Crippen molar-refractivity contribution >= 4 is 40.8 Å². The molecule has 3 aliphatic heterocycles. The van der Waals surface area contributed by atoms with Crippen molar-refractivity contribution in [2.24, 2.45) is 29.6 Å². The maximum atomic E-state index is 13.7. The van der Waals surface area contributed by atoms with Crippen molar-refractivity contribution in [3.63, 3.8) is 0 Å². The molecule has 2 saturated heterocycles. The monoisotopic (exact) mass is 539 g/mol. The second-order valence-electron chi connectivity index (χ2n) is 10.9. The number of aromatic amines is 1. The Bertz CT molecular complexity index is 1350. The fourth-order valence-electron chi connectivity index (χ4n) is 7.88. The molecule has 194 valence electrons. The minimum atomic E-state index is -0.386. The van der Waals surface area contributed by atoms with Gasteiger partial charge in [-0.2, -0.15) is 0 Å². The number of carbonyl (C=O) groups excluding carboxylic acids is 3. The summed E-state index contributed by atoms with van der Waals surface area (Å²) < 4.78 is 5.73. The van der Waals surface area contributed by atoms with Gasteiger partial charge >= 0.3 is 4.87 Å². The molecule has 0 radical (unpaired) electrons. The van der Waals surface area contributed by atoms with Crippen molar-refractivity contribution in [1.82, 2.24) is 14.8 Å². The van der Waals surface area contributed by atoms with Crippen LogP contribution in [0.3, 0.4) is 0 Å². The number of carbonyl (C=O) groups is 3. The Labute approximate surface area is 222 Å². The van der Waals surface area contributed by atoms with Crippen molar-refractivity contribution in [3.8, 4) is 5.75 Å². The Morgan fingerprint density at radius 1 is 1.05 bits per heavy atom. The van der Waals surface area contributed by atoms with Crippen LogP contribution in [0.4, 0.5) is 0 Å². The Morgan fingerprint density at radius 3 is 2.54 bits per heavy atom. The molecule has 1 aromatic heterocycles. The lowest BCUT2D eigenvalue weighted by molar-refractivity contribution is -0.147. The summed E-state index contributed by atoms with van der Waals surface area (Å²) in [6.07, 6.45) is 3.89. The zero-order chi connectivity index (χ0) is 25.4. The molecule has 4 heterocycles. The van der Waals surface area contributed by atoms with Gasteiger partial charge in [-0.15, -0.1) is 11.8 Å². The number of thioether (sulfide) groups is 1. The number of likely N-dealkylation sites (tertiary alicyclic amines) is 2. The van der Waals surface area contributed by atoms with E-state index in [1.54, 1.807) is 23.8 Å². The zero-order valence-electron chi connectivity index (χ0n) is 20.6. The van der Waals surface area contributed by atoms with E-state index in [0.29, 0.717) is 13.1 Å². The van der Waals surface area contributed by atoms with Gasteiger partial charge in [0.15, 0.2) is 0 Å². The molecule has 10 heteroatoms. The van der Waals surface area contributed by atoms with E-state index in [0.717, 1.165) is 46.9 Å². The number of benzene rings is 1. The maximum Gasteiger partial charge on any atom is 0.305 e. The van der Waals surface area contributed by atoms with Gasteiger partial charge in [-0.05, 0) is 49.5 Å². The molecule has 1 aromatic carbocycles. The molecule has 6 unspecified atom stereocenters. The topological polar surface area (TPSA) is 99.8 Å². The lowest BCUT2D eigenvalue weighted by Gasteiger charge is -2.43. The Hall–Kier alpha value is -2.59. The van der Waals surface area contributed by atoms with E-state index in [9.17, 15) is 19.2 Å². The van der Waals surface area contributed by atoms with Crippen LogP contribution < -0.4 is 9.61 Å². The number of ether oxygens (including phenoxy) is 1. The minimum absolute atomic E-state index is 0.0271. The van der Waals surface area contributed by atoms with Crippen LogP contribution in [0.25, 0.3) is 0 Å². The van der Waals surface area contributed by atoms with Crippen LogP contribution in [-0.2, 0) is 14.4 Å². The number of hydrogen-bond donors (Lipinski definition) is 1. The highest BCUT2D eigenvalue weighted by Gasteiger charge is 2.69. The van der Waals surface area contributed by atoms with Gasteiger partial charge in [0.25, 0.3) is 0 Å². The summed E-state index contributed by atoms with van der Waals surface area (Å²) in [6, 6.07) is 7.91. The summed E-state index contributed by atoms with van der Waals surface area (Å²) in [7, 11) is 1.65. The number of rotatable bonds is 4. The highest BCUT2D eigenvalue weighted by Crippen LogP contribution is 2.68. The number of H-pyrrole nitrogens is 1. The van der Waals surface area contributed by atoms with Gasteiger partial charge in [-0.25, -0.2) is 0 Å². The van der Waals surface area contributed by atoms with E-state index in [1.165, 1.54) is 16.2 Å². The molecule has 37 heavy (non-hydrogen) atoms. The molecule has 7 atom stereocenters. The summed E-state index contributed by atoms with van der Waals surface area (Å²) >= 11 is 2.91. The smallest absolute Gasteiger partial charge is 0.305 e. The predicted molar refractivity (Wildman–Crippen MR) is 139 cm³/mol. The van der Waals surface area contributed by atoms with Gasteiger partial charge in [0.05, 0.1) is 24.0 Å². The van der Waals surface area contributed by atoms with Crippen LogP contribution in [-0.4, -0.2) is 64.5 Å². The van der Waals surface area contributed by atoms with Gasteiger partial charge in [0.1, 0.15) is 12.3 Å². The summed E-state index contributed by atoms with van der Waals surface area (Å²) in [5.74, 6) is -0.351. The Kier molecular flexibility index (Phi) is 5.55. The fraction of sp³-hybridized carbons (Fsp3) is 0.556. The standard InChI is InChI=1S/C27H29N3O5S2/c1-35-16-8-4-3-7-13(16)18-19-14-11-15(22(19)36-24-23(18)37-27(34)28-24)21-20(14)25(32)30(26(21)33)12-17(31)29-9-5-2-6-10-29/h3-4,7-8,14-15,18-22H,2,5-6,9-12H2,1H3,(H,28,34)/t14?,15?,18-,19?,20?,21?,22?/m1/s1. The first kappa shape index (κ1) is 23.5. The van der Waals surface area contributed by atoms with Gasteiger partial charge in [-0.1, -0.05) is 29.5 Å². The summed E-state index contributed by atoms with van der Waals surface area (Å²) in [5.41, 5.74) is 1.02. The zero-order valence-corrected chi connectivity index (χ0v) is 22.2. The van der Waals surface area contributed by atoms with Gasteiger partial charge < -0.3 is 14.6 Å². The first-order valence-electron chi connectivity index (χ1n) is 13.1. The van der Waals surface area contributed by atoms with Crippen LogP contribution in [0.5, 0.6) is 5.75 Å². The average Bonchev–Trinajstić information content (AvgIpc) is 3.65. The van der Waals surface area contributed by atoms with Crippen molar-refractivity contribution in [2.45, 2.75) is 41.9 Å². The van der Waals surface area contributed by atoms with Crippen LogP contribution in [0, 0.1) is 29.6 Å². The van der Waals surface area contributed by atoms with Gasteiger partial charge in [-0.3, -0.25) is 24.1 Å². The van der Waals surface area contributed by atoms with E-state index < -0.39 is 0 Å². The maximum absolute atomic E-state index is 13.7. The second-order valence-corrected chi connectivity index (χ2v) is 13.1. The number of methoxy groups -OCH3 is 1. The molecule has 2 aliphatic carbocycles. The summed E-state index contributed by atoms with van der Waals surface area (Å²) in [4.78, 5) is 59.8. The number of thiazole rings is 1.